The Morgan fingerprint density at radius 2 is 1.62 bits per heavy atom. The molecule has 3 heterocycles. The van der Waals surface area contributed by atoms with Gasteiger partial charge in [-0.15, -0.1) is 0 Å². The van der Waals surface area contributed by atoms with Crippen LogP contribution in [0, 0.1) is 6.85 Å². The summed E-state index contributed by atoms with van der Waals surface area (Å²) in [5.41, 5.74) is 5.90. The molecule has 0 saturated heterocycles. The van der Waals surface area contributed by atoms with Gasteiger partial charge in [-0.3, -0.25) is 4.57 Å². The molecule has 0 spiro atoms. The molecule has 0 unspecified atom stereocenters. The Morgan fingerprint density at radius 1 is 0.781 bits per heavy atom. The fraction of sp³-hybridized carbons (Fsp3) is 0.0357. The number of imidazole rings is 1. The molecule has 3 aromatic heterocycles. The Labute approximate surface area is 187 Å². The molecule has 4 heteroatoms. The minimum Gasteiger partial charge on any atom is -0.464 e. The van der Waals surface area contributed by atoms with Crippen molar-refractivity contribution in [1.29, 1.82) is 0 Å². The highest BCUT2D eigenvalue weighted by molar-refractivity contribution is 6.05. The summed E-state index contributed by atoms with van der Waals surface area (Å²) in [6.45, 7) is -2.20. The topological polar surface area (TPSA) is 44.1 Å². The lowest BCUT2D eigenvalue weighted by Gasteiger charge is -2.09. The Bertz CT molecular complexity index is 1910. The first kappa shape index (κ1) is 14.7. The number of aromatic nitrogens is 2. The monoisotopic (exact) mass is 417 g/mol. The first-order valence-corrected chi connectivity index (χ1v) is 10.4. The molecular weight excluding hydrogens is 396 g/mol. The second-order valence-electron chi connectivity index (χ2n) is 7.90. The second-order valence-corrected chi connectivity index (χ2v) is 7.90. The van der Waals surface area contributed by atoms with Gasteiger partial charge in [-0.05, 0) is 48.8 Å². The van der Waals surface area contributed by atoms with Crippen LogP contribution in [0.5, 0.6) is 0 Å². The molecule has 0 radical (unpaired) electrons. The molecule has 32 heavy (non-hydrogen) atoms. The number of nitrogens with zero attached hydrogens (tertiary/aromatic N) is 2. The van der Waals surface area contributed by atoms with Crippen molar-refractivity contribution in [1.82, 2.24) is 9.55 Å². The smallest absolute Gasteiger partial charge is 0.149 e. The van der Waals surface area contributed by atoms with Crippen LogP contribution in [0.3, 0.4) is 0 Å². The number of benzene rings is 4. The fourth-order valence-electron chi connectivity index (χ4n) is 4.52. The van der Waals surface area contributed by atoms with E-state index in [9.17, 15) is 0 Å². The van der Waals surface area contributed by atoms with Gasteiger partial charge in [-0.25, -0.2) is 4.98 Å². The summed E-state index contributed by atoms with van der Waals surface area (Å²) in [7, 11) is 0. The molecule has 0 bridgehead atoms. The van der Waals surface area contributed by atoms with Gasteiger partial charge in [0, 0.05) is 26.3 Å². The lowest BCUT2D eigenvalue weighted by molar-refractivity contribution is 0.616. The first-order chi connectivity index (χ1) is 17.0. The first-order valence-electron chi connectivity index (χ1n) is 11.9. The number of para-hydroxylation sites is 3. The minimum atomic E-state index is -2.20. The molecule has 0 aliphatic heterocycles. The third-order valence-electron chi connectivity index (χ3n) is 6.00. The molecule has 4 nitrogen and oxygen atoms in total. The predicted octanol–water partition coefficient (Wildman–Crippen LogP) is 7.65. The summed E-state index contributed by atoms with van der Waals surface area (Å²) in [6.07, 6.45) is 1.64. The van der Waals surface area contributed by atoms with Crippen LogP contribution in [0.4, 0.5) is 0 Å². The molecule has 0 aliphatic rings. The van der Waals surface area contributed by atoms with Gasteiger partial charge in [-0.1, -0.05) is 42.5 Å². The Balaban J connectivity index is 1.48. The maximum Gasteiger partial charge on any atom is 0.149 e. The number of hydrogen-bond acceptors (Lipinski definition) is 3. The van der Waals surface area contributed by atoms with Gasteiger partial charge in [0.05, 0.1) is 22.3 Å². The largest absolute Gasteiger partial charge is 0.464 e. The quantitative estimate of drug-likeness (QED) is 0.290. The number of aryl methyl sites for hydroxylation is 1. The van der Waals surface area contributed by atoms with Gasteiger partial charge in [-0.2, -0.15) is 0 Å². The highest BCUT2D eigenvalue weighted by Gasteiger charge is 2.19. The van der Waals surface area contributed by atoms with Crippen LogP contribution >= 0.6 is 0 Å². The van der Waals surface area contributed by atoms with E-state index in [2.05, 4.69) is 22.8 Å². The zero-order chi connectivity index (χ0) is 23.7. The Hall–Kier alpha value is -4.31. The van der Waals surface area contributed by atoms with Crippen molar-refractivity contribution in [2.24, 2.45) is 0 Å². The molecule has 0 amide bonds. The molecule has 7 rings (SSSR count). The third-order valence-corrected chi connectivity index (χ3v) is 6.00. The molecule has 0 saturated carbocycles. The third kappa shape index (κ3) is 2.41. The van der Waals surface area contributed by atoms with Crippen molar-refractivity contribution in [3.63, 3.8) is 0 Å². The Kier molecular flexibility index (Phi) is 2.91. The van der Waals surface area contributed by atoms with Crippen LogP contribution < -0.4 is 0 Å². The van der Waals surface area contributed by atoms with Gasteiger partial charge in [0.1, 0.15) is 28.8 Å². The van der Waals surface area contributed by atoms with Crippen molar-refractivity contribution in [3.05, 3.63) is 96.8 Å². The van der Waals surface area contributed by atoms with Crippen LogP contribution in [-0.4, -0.2) is 9.55 Å². The van der Waals surface area contributed by atoms with E-state index in [-0.39, 0.29) is 5.56 Å². The van der Waals surface area contributed by atoms with Crippen LogP contribution in [0.2, 0.25) is 0 Å². The SMILES string of the molecule is [2H]C([2H])([2H])c1ccc2c(-c3nc4ccccc4n3-c3ccc4c(c3)oc3ccccc34)coc2c1. The molecule has 7 aromatic rings. The van der Waals surface area contributed by atoms with E-state index >= 15 is 0 Å². The maximum absolute atomic E-state index is 7.71. The lowest BCUT2D eigenvalue weighted by Crippen LogP contribution is -1.97. The van der Waals surface area contributed by atoms with Crippen molar-refractivity contribution in [2.45, 2.75) is 6.85 Å². The van der Waals surface area contributed by atoms with E-state index in [0.717, 1.165) is 49.6 Å². The highest BCUT2D eigenvalue weighted by atomic mass is 16.3. The summed E-state index contributed by atoms with van der Waals surface area (Å²) in [4.78, 5) is 4.94. The van der Waals surface area contributed by atoms with E-state index in [1.54, 1.807) is 24.5 Å². The summed E-state index contributed by atoms with van der Waals surface area (Å²) >= 11 is 0. The van der Waals surface area contributed by atoms with Gasteiger partial charge >= 0.3 is 0 Å². The van der Waals surface area contributed by atoms with Gasteiger partial charge in [0.2, 0.25) is 0 Å². The van der Waals surface area contributed by atoms with Crippen molar-refractivity contribution >= 4 is 43.9 Å². The Morgan fingerprint density at radius 3 is 2.59 bits per heavy atom. The van der Waals surface area contributed by atoms with Crippen molar-refractivity contribution in [3.8, 4) is 17.1 Å². The standard InChI is InChI=1S/C28H18N2O2/c1-17-10-12-21-22(16-31-26(21)14-17)28-29-23-7-3-4-8-24(23)30(28)18-11-13-20-19-6-2-5-9-25(19)32-27(20)15-18/h2-16H,1H3/i1D3. The number of furan rings is 2. The van der Waals surface area contributed by atoms with Crippen molar-refractivity contribution in [2.75, 3.05) is 0 Å². The number of fused-ring (bicyclic) bond motifs is 5. The molecule has 0 fully saturated rings. The molecular formula is C28H18N2O2. The summed E-state index contributed by atoms with van der Waals surface area (Å²) < 4.78 is 37.2. The zero-order valence-electron chi connectivity index (χ0n) is 19.9. The predicted molar refractivity (Wildman–Crippen MR) is 128 cm³/mol. The highest BCUT2D eigenvalue weighted by Crippen LogP contribution is 2.36. The van der Waals surface area contributed by atoms with Crippen LogP contribution in [-0.2, 0) is 0 Å². The molecule has 152 valence electrons. The van der Waals surface area contributed by atoms with Gasteiger partial charge in [0.25, 0.3) is 0 Å². The molecule has 0 atom stereocenters. The molecule has 0 N–H and O–H groups in total. The van der Waals surface area contributed by atoms with E-state index < -0.39 is 6.85 Å². The van der Waals surface area contributed by atoms with Crippen LogP contribution in [0.15, 0.2) is 100 Å². The fourth-order valence-corrected chi connectivity index (χ4v) is 4.52. The average molecular weight is 417 g/mol. The van der Waals surface area contributed by atoms with E-state index in [0.29, 0.717) is 11.4 Å². The zero-order valence-corrected chi connectivity index (χ0v) is 16.9. The maximum atomic E-state index is 7.71. The summed E-state index contributed by atoms with van der Waals surface area (Å²) in [5.74, 6) is 0.710. The summed E-state index contributed by atoms with van der Waals surface area (Å²) in [5, 5.41) is 2.94. The van der Waals surface area contributed by atoms with Crippen LogP contribution in [0.1, 0.15) is 9.68 Å². The number of rotatable bonds is 2. The van der Waals surface area contributed by atoms with E-state index in [4.69, 9.17) is 17.9 Å². The van der Waals surface area contributed by atoms with Crippen LogP contribution in [0.25, 0.3) is 61.0 Å². The molecule has 0 aliphatic carbocycles. The van der Waals surface area contributed by atoms with E-state index in [1.165, 1.54) is 0 Å². The molecule has 4 aromatic carbocycles. The van der Waals surface area contributed by atoms with Gasteiger partial charge in [0.15, 0.2) is 0 Å². The average Bonchev–Trinajstić information content (AvgIpc) is 3.55. The summed E-state index contributed by atoms with van der Waals surface area (Å²) in [6, 6.07) is 27.1. The number of hydrogen-bond donors (Lipinski definition) is 0. The van der Waals surface area contributed by atoms with Gasteiger partial charge < -0.3 is 8.83 Å². The van der Waals surface area contributed by atoms with Crippen molar-refractivity contribution < 1.29 is 12.9 Å². The lowest BCUT2D eigenvalue weighted by atomic mass is 10.1. The second kappa shape index (κ2) is 6.34. The minimum absolute atomic E-state index is 0.245. The normalized spacial score (nSPS) is 13.7. The van der Waals surface area contributed by atoms with E-state index in [1.807, 2.05) is 48.5 Å².